The summed E-state index contributed by atoms with van der Waals surface area (Å²) in [6.07, 6.45) is -2.03. The molecule has 0 fully saturated rings. The number of hydrogen-bond donors (Lipinski definition) is 2. The van der Waals surface area contributed by atoms with E-state index < -0.39 is 10.9 Å². The van der Waals surface area contributed by atoms with E-state index >= 15 is 0 Å². The zero-order chi connectivity index (χ0) is 12.5. The van der Waals surface area contributed by atoms with Crippen LogP contribution in [0.4, 0.5) is 8.78 Å². The summed E-state index contributed by atoms with van der Waals surface area (Å²) in [6.45, 7) is 0. The Kier molecular flexibility index (Phi) is 4.14. The van der Waals surface area contributed by atoms with E-state index in [1.165, 1.54) is 13.2 Å². The quantitative estimate of drug-likeness (QED) is 0.813. The number of aromatic hydroxyl groups is 1. The molecule has 2 N–H and O–H groups in total. The van der Waals surface area contributed by atoms with Crippen molar-refractivity contribution < 1.29 is 23.7 Å². The first-order valence-corrected chi connectivity index (χ1v) is 5.67. The Balaban J connectivity index is 3.21. The molecule has 0 aliphatic carbocycles. The molecule has 1 aromatic rings. The van der Waals surface area contributed by atoms with Gasteiger partial charge in [-0.2, -0.15) is 8.78 Å². The SMILES string of the molecule is COc1cc(C(O)C(F)(F)Br)cc(Br)c1O. The van der Waals surface area contributed by atoms with Gasteiger partial charge < -0.3 is 14.9 Å². The largest absolute Gasteiger partial charge is 0.503 e. The second-order valence-corrected chi connectivity index (χ2v) is 4.91. The minimum Gasteiger partial charge on any atom is -0.503 e. The van der Waals surface area contributed by atoms with E-state index in [0.717, 1.165) is 6.07 Å². The molecule has 0 aliphatic rings. The molecule has 16 heavy (non-hydrogen) atoms. The Hall–Kier alpha value is -0.400. The van der Waals surface area contributed by atoms with Crippen LogP contribution in [0.15, 0.2) is 16.6 Å². The average molecular weight is 362 g/mol. The second kappa shape index (κ2) is 4.85. The number of benzene rings is 1. The van der Waals surface area contributed by atoms with Crippen molar-refractivity contribution in [2.45, 2.75) is 10.9 Å². The maximum absolute atomic E-state index is 12.8. The van der Waals surface area contributed by atoms with Gasteiger partial charge in [-0.05, 0) is 49.6 Å². The van der Waals surface area contributed by atoms with E-state index in [1.54, 1.807) is 0 Å². The Labute approximate surface area is 107 Å². The highest BCUT2D eigenvalue weighted by Crippen LogP contribution is 2.42. The summed E-state index contributed by atoms with van der Waals surface area (Å²) in [7, 11) is 1.28. The van der Waals surface area contributed by atoms with Crippen molar-refractivity contribution in [3.05, 3.63) is 22.2 Å². The van der Waals surface area contributed by atoms with E-state index in [0.29, 0.717) is 0 Å². The number of phenolic OH excluding ortho intramolecular Hbond substituents is 1. The highest BCUT2D eigenvalue weighted by molar-refractivity contribution is 9.10. The van der Waals surface area contributed by atoms with Gasteiger partial charge in [-0.1, -0.05) is 0 Å². The lowest BCUT2D eigenvalue weighted by Gasteiger charge is -2.18. The number of aliphatic hydroxyl groups is 1. The molecule has 0 heterocycles. The molecule has 0 amide bonds. The molecule has 3 nitrogen and oxygen atoms in total. The summed E-state index contributed by atoms with van der Waals surface area (Å²) in [5.41, 5.74) is -0.0802. The van der Waals surface area contributed by atoms with E-state index in [4.69, 9.17) is 4.74 Å². The number of aliphatic hydroxyl groups excluding tert-OH is 1. The number of rotatable bonds is 3. The van der Waals surface area contributed by atoms with Crippen LogP contribution >= 0.6 is 31.9 Å². The normalized spacial score (nSPS) is 13.6. The molecule has 1 unspecified atom stereocenters. The van der Waals surface area contributed by atoms with Crippen molar-refractivity contribution in [1.29, 1.82) is 0 Å². The standard InChI is InChI=1S/C9H8Br2F2O3/c1-16-6-3-4(2-5(10)7(6)14)8(15)9(11,12)13/h2-3,8,14-15H,1H3. The Bertz CT molecular complexity index is 393. The van der Waals surface area contributed by atoms with Crippen molar-refractivity contribution in [1.82, 2.24) is 0 Å². The topological polar surface area (TPSA) is 49.7 Å². The van der Waals surface area contributed by atoms with Gasteiger partial charge in [-0.15, -0.1) is 0 Å². The monoisotopic (exact) mass is 360 g/mol. The van der Waals surface area contributed by atoms with Crippen LogP contribution in [-0.2, 0) is 0 Å². The van der Waals surface area contributed by atoms with Gasteiger partial charge in [0.1, 0.15) is 0 Å². The van der Waals surface area contributed by atoms with E-state index in [-0.39, 0.29) is 21.5 Å². The highest BCUT2D eigenvalue weighted by atomic mass is 79.9. The van der Waals surface area contributed by atoms with E-state index in [9.17, 15) is 19.0 Å². The highest BCUT2D eigenvalue weighted by Gasteiger charge is 2.36. The first kappa shape index (κ1) is 13.7. The molecule has 1 aromatic carbocycles. The van der Waals surface area contributed by atoms with Gasteiger partial charge in [0.2, 0.25) is 0 Å². The number of ether oxygens (including phenoxy) is 1. The van der Waals surface area contributed by atoms with Gasteiger partial charge in [-0.3, -0.25) is 0 Å². The number of methoxy groups -OCH3 is 1. The first-order valence-electron chi connectivity index (χ1n) is 4.08. The molecular weight excluding hydrogens is 354 g/mol. The molecule has 90 valence electrons. The molecule has 0 saturated carbocycles. The van der Waals surface area contributed by atoms with Crippen LogP contribution in [0.3, 0.4) is 0 Å². The summed E-state index contributed by atoms with van der Waals surface area (Å²) >= 11 is 5.04. The van der Waals surface area contributed by atoms with Crippen LogP contribution < -0.4 is 4.74 Å². The van der Waals surface area contributed by atoms with Crippen LogP contribution in [0.1, 0.15) is 11.7 Å². The van der Waals surface area contributed by atoms with Gasteiger partial charge in [0, 0.05) is 0 Å². The van der Waals surface area contributed by atoms with Crippen LogP contribution in [0, 0.1) is 0 Å². The summed E-state index contributed by atoms with van der Waals surface area (Å²) < 4.78 is 30.6. The Morgan fingerprint density at radius 2 is 2.00 bits per heavy atom. The zero-order valence-corrected chi connectivity index (χ0v) is 11.2. The molecule has 1 atom stereocenters. The Morgan fingerprint density at radius 1 is 1.44 bits per heavy atom. The third-order valence-electron chi connectivity index (χ3n) is 1.90. The molecule has 0 aliphatic heterocycles. The second-order valence-electron chi connectivity index (χ2n) is 3.00. The molecule has 0 aromatic heterocycles. The Morgan fingerprint density at radius 3 is 2.44 bits per heavy atom. The van der Waals surface area contributed by atoms with Crippen molar-refractivity contribution in [2.75, 3.05) is 7.11 Å². The van der Waals surface area contributed by atoms with Gasteiger partial charge in [0.05, 0.1) is 11.6 Å². The number of phenols is 1. The fourth-order valence-electron chi connectivity index (χ4n) is 1.10. The lowest BCUT2D eigenvalue weighted by atomic mass is 10.1. The maximum Gasteiger partial charge on any atom is 0.330 e. The number of halogens is 4. The minimum atomic E-state index is -3.45. The third-order valence-corrected chi connectivity index (χ3v) is 2.93. The van der Waals surface area contributed by atoms with Crippen molar-refractivity contribution in [3.63, 3.8) is 0 Å². The van der Waals surface area contributed by atoms with Crippen LogP contribution in [0.25, 0.3) is 0 Å². The number of alkyl halides is 3. The van der Waals surface area contributed by atoms with Crippen molar-refractivity contribution >= 4 is 31.9 Å². The predicted octanol–water partition coefficient (Wildman–Crippen LogP) is 3.18. The molecule has 7 heteroatoms. The minimum absolute atomic E-state index is 0.000162. The predicted molar refractivity (Wildman–Crippen MR) is 61.2 cm³/mol. The third kappa shape index (κ3) is 2.83. The number of hydrogen-bond acceptors (Lipinski definition) is 3. The summed E-state index contributed by atoms with van der Waals surface area (Å²) in [5, 5.41) is 18.8. The zero-order valence-electron chi connectivity index (χ0n) is 8.05. The first-order chi connectivity index (χ1) is 7.27. The smallest absolute Gasteiger partial charge is 0.330 e. The lowest BCUT2D eigenvalue weighted by molar-refractivity contribution is -0.0295. The van der Waals surface area contributed by atoms with Crippen LogP contribution in [0.5, 0.6) is 11.5 Å². The summed E-state index contributed by atoms with van der Waals surface area (Å²) in [4.78, 5) is -3.45. The average Bonchev–Trinajstić information content (AvgIpc) is 2.19. The van der Waals surface area contributed by atoms with Gasteiger partial charge in [-0.25, -0.2) is 0 Å². The van der Waals surface area contributed by atoms with Gasteiger partial charge in [0.25, 0.3) is 0 Å². The lowest BCUT2D eigenvalue weighted by Crippen LogP contribution is -2.18. The summed E-state index contributed by atoms with van der Waals surface area (Å²) in [6, 6.07) is 2.33. The molecule has 0 saturated heterocycles. The van der Waals surface area contributed by atoms with Gasteiger partial charge in [0.15, 0.2) is 17.6 Å². The van der Waals surface area contributed by atoms with Crippen molar-refractivity contribution in [2.24, 2.45) is 0 Å². The van der Waals surface area contributed by atoms with Crippen LogP contribution in [0.2, 0.25) is 0 Å². The van der Waals surface area contributed by atoms with Gasteiger partial charge >= 0.3 is 4.83 Å². The fourth-order valence-corrected chi connectivity index (χ4v) is 1.82. The molecule has 0 radical (unpaired) electrons. The molecular formula is C9H8Br2F2O3. The maximum atomic E-state index is 12.8. The fraction of sp³-hybridized carbons (Fsp3) is 0.333. The molecule has 0 bridgehead atoms. The molecule has 0 spiro atoms. The van der Waals surface area contributed by atoms with Crippen molar-refractivity contribution in [3.8, 4) is 11.5 Å². The van der Waals surface area contributed by atoms with Crippen LogP contribution in [-0.4, -0.2) is 22.2 Å². The molecule has 1 rings (SSSR count). The van der Waals surface area contributed by atoms with E-state index in [2.05, 4.69) is 31.9 Å². The van der Waals surface area contributed by atoms with E-state index in [1.807, 2.05) is 0 Å². The summed E-state index contributed by atoms with van der Waals surface area (Å²) in [5.74, 6) is -0.212.